The van der Waals surface area contributed by atoms with Gasteiger partial charge in [-0.15, -0.1) is 10.2 Å². The van der Waals surface area contributed by atoms with E-state index in [9.17, 15) is 9.59 Å². The molecule has 0 saturated carbocycles. The van der Waals surface area contributed by atoms with Gasteiger partial charge in [-0.2, -0.15) is 0 Å². The highest BCUT2D eigenvalue weighted by atomic mass is 16.2. The van der Waals surface area contributed by atoms with Gasteiger partial charge < -0.3 is 10.2 Å². The minimum atomic E-state index is -0.321. The van der Waals surface area contributed by atoms with E-state index in [1.54, 1.807) is 11.1 Å². The Kier molecular flexibility index (Phi) is 4.42. The van der Waals surface area contributed by atoms with Crippen molar-refractivity contribution in [3.05, 3.63) is 71.8 Å². The van der Waals surface area contributed by atoms with E-state index in [0.29, 0.717) is 5.82 Å². The predicted octanol–water partition coefficient (Wildman–Crippen LogP) is 2.31. The molecule has 0 unspecified atom stereocenters. The summed E-state index contributed by atoms with van der Waals surface area (Å²) in [6, 6.07) is 13.1. The molecule has 1 N–H and O–H groups in total. The zero-order chi connectivity index (χ0) is 18.8. The van der Waals surface area contributed by atoms with Crippen LogP contribution in [0.3, 0.4) is 0 Å². The van der Waals surface area contributed by atoms with Gasteiger partial charge in [0.05, 0.1) is 19.0 Å². The molecule has 0 saturated heterocycles. The Morgan fingerprint density at radius 3 is 2.78 bits per heavy atom. The first-order valence-electron chi connectivity index (χ1n) is 8.75. The summed E-state index contributed by atoms with van der Waals surface area (Å²) >= 11 is 0. The van der Waals surface area contributed by atoms with Crippen molar-refractivity contribution in [3.8, 4) is 0 Å². The first kappa shape index (κ1) is 17.0. The van der Waals surface area contributed by atoms with Gasteiger partial charge in [-0.05, 0) is 29.3 Å². The van der Waals surface area contributed by atoms with Gasteiger partial charge in [0.1, 0.15) is 0 Å². The molecule has 7 nitrogen and oxygen atoms in total. The van der Waals surface area contributed by atoms with Gasteiger partial charge in [-0.25, -0.2) is 0 Å². The van der Waals surface area contributed by atoms with E-state index >= 15 is 0 Å². The summed E-state index contributed by atoms with van der Waals surface area (Å²) in [5.74, 6) is 0.414. The predicted molar refractivity (Wildman–Crippen MR) is 100 cm³/mol. The fraction of sp³-hybridized carbons (Fsp3) is 0.200. The van der Waals surface area contributed by atoms with Gasteiger partial charge in [0.25, 0.3) is 0 Å². The van der Waals surface area contributed by atoms with E-state index in [4.69, 9.17) is 0 Å². The molecule has 0 spiro atoms. The second kappa shape index (κ2) is 7.03. The van der Waals surface area contributed by atoms with Crippen LogP contribution < -0.4 is 5.32 Å². The van der Waals surface area contributed by atoms with Crippen molar-refractivity contribution in [2.75, 3.05) is 0 Å². The normalized spacial score (nSPS) is 15.6. The molecule has 1 aliphatic heterocycles. The van der Waals surface area contributed by atoms with Crippen LogP contribution in [-0.4, -0.2) is 31.3 Å². The Hall–Kier alpha value is -3.48. The SMILES string of the molecule is CC(=O)N1C=Cc2ccccc2[C@H]1CC(=O)NCc1nnc2ccccn12. The van der Waals surface area contributed by atoms with Gasteiger partial charge in [0.15, 0.2) is 11.5 Å². The smallest absolute Gasteiger partial charge is 0.223 e. The van der Waals surface area contributed by atoms with Crippen LogP contribution in [0.5, 0.6) is 0 Å². The zero-order valence-electron chi connectivity index (χ0n) is 14.9. The minimum Gasteiger partial charge on any atom is -0.349 e. The third kappa shape index (κ3) is 3.31. The number of hydrogen-bond donors (Lipinski definition) is 1. The summed E-state index contributed by atoms with van der Waals surface area (Å²) in [6.45, 7) is 1.78. The molecular formula is C20H19N5O2. The molecule has 7 heteroatoms. The summed E-state index contributed by atoms with van der Waals surface area (Å²) in [6.07, 6.45) is 5.68. The van der Waals surface area contributed by atoms with Crippen LogP contribution >= 0.6 is 0 Å². The van der Waals surface area contributed by atoms with E-state index in [2.05, 4.69) is 15.5 Å². The maximum absolute atomic E-state index is 12.6. The second-order valence-electron chi connectivity index (χ2n) is 6.41. The van der Waals surface area contributed by atoms with Gasteiger partial charge in [0.2, 0.25) is 11.8 Å². The standard InChI is InChI=1S/C20H19N5O2/c1-14(26)24-11-9-15-6-2-3-7-16(15)17(24)12-20(27)21-13-19-23-22-18-8-4-5-10-25(18)19/h2-11,17H,12-13H2,1H3,(H,21,27)/t17-/m1/s1. The maximum atomic E-state index is 12.6. The number of carbonyl (C=O) groups excluding carboxylic acids is 2. The van der Waals surface area contributed by atoms with Crippen LogP contribution in [-0.2, 0) is 16.1 Å². The quantitative estimate of drug-likeness (QED) is 0.773. The molecule has 3 heterocycles. The lowest BCUT2D eigenvalue weighted by molar-refractivity contribution is -0.130. The molecule has 136 valence electrons. The van der Waals surface area contributed by atoms with Crippen LogP contribution in [0, 0.1) is 0 Å². The van der Waals surface area contributed by atoms with Crippen molar-refractivity contribution in [2.45, 2.75) is 25.9 Å². The van der Waals surface area contributed by atoms with E-state index in [0.717, 1.165) is 16.8 Å². The lowest BCUT2D eigenvalue weighted by Crippen LogP contribution is -2.35. The van der Waals surface area contributed by atoms with Crippen molar-refractivity contribution in [1.82, 2.24) is 24.8 Å². The van der Waals surface area contributed by atoms with Gasteiger partial charge in [-0.1, -0.05) is 30.3 Å². The molecule has 27 heavy (non-hydrogen) atoms. The second-order valence-corrected chi connectivity index (χ2v) is 6.41. The molecule has 3 aromatic rings. The number of carbonyl (C=O) groups is 2. The van der Waals surface area contributed by atoms with Crippen molar-refractivity contribution in [2.24, 2.45) is 0 Å². The van der Waals surface area contributed by atoms with E-state index in [1.165, 1.54) is 6.92 Å². The largest absolute Gasteiger partial charge is 0.349 e. The Labute approximate surface area is 156 Å². The van der Waals surface area contributed by atoms with E-state index in [1.807, 2.05) is 59.1 Å². The Morgan fingerprint density at radius 2 is 1.93 bits per heavy atom. The van der Waals surface area contributed by atoms with Gasteiger partial charge >= 0.3 is 0 Å². The van der Waals surface area contributed by atoms with Gasteiger partial charge in [0, 0.05) is 19.3 Å². The van der Waals surface area contributed by atoms with Crippen LogP contribution in [0.15, 0.2) is 54.9 Å². The molecule has 2 amide bonds. The number of rotatable bonds is 4. The monoisotopic (exact) mass is 361 g/mol. The Bertz CT molecular complexity index is 1040. The summed E-state index contributed by atoms with van der Waals surface area (Å²) in [4.78, 5) is 26.2. The molecule has 4 rings (SSSR count). The minimum absolute atomic E-state index is 0.0954. The molecule has 0 fully saturated rings. The third-order valence-electron chi connectivity index (χ3n) is 4.68. The summed E-state index contributed by atoms with van der Waals surface area (Å²) in [5, 5.41) is 11.1. The average Bonchev–Trinajstić information content (AvgIpc) is 3.09. The first-order chi connectivity index (χ1) is 13.1. The third-order valence-corrected chi connectivity index (χ3v) is 4.68. The van der Waals surface area contributed by atoms with Crippen molar-refractivity contribution in [3.63, 3.8) is 0 Å². The number of pyridine rings is 1. The van der Waals surface area contributed by atoms with Crippen LogP contribution in [0.25, 0.3) is 11.7 Å². The molecule has 1 atom stereocenters. The molecule has 2 aromatic heterocycles. The van der Waals surface area contributed by atoms with E-state index in [-0.39, 0.29) is 30.8 Å². The van der Waals surface area contributed by atoms with Crippen molar-refractivity contribution in [1.29, 1.82) is 0 Å². The average molecular weight is 361 g/mol. The Balaban J connectivity index is 1.49. The van der Waals surface area contributed by atoms with Crippen LogP contribution in [0.2, 0.25) is 0 Å². The summed E-state index contributed by atoms with van der Waals surface area (Å²) < 4.78 is 1.83. The highest BCUT2D eigenvalue weighted by molar-refractivity contribution is 5.81. The topological polar surface area (TPSA) is 79.6 Å². The van der Waals surface area contributed by atoms with Crippen molar-refractivity contribution >= 4 is 23.5 Å². The summed E-state index contributed by atoms with van der Waals surface area (Å²) in [7, 11) is 0. The number of hydrogen-bond acceptors (Lipinski definition) is 4. The number of amides is 2. The Morgan fingerprint density at radius 1 is 1.11 bits per heavy atom. The van der Waals surface area contributed by atoms with Crippen LogP contribution in [0.4, 0.5) is 0 Å². The molecular weight excluding hydrogens is 342 g/mol. The molecule has 1 aliphatic rings. The highest BCUT2D eigenvalue weighted by Gasteiger charge is 2.28. The lowest BCUT2D eigenvalue weighted by atomic mass is 9.93. The molecule has 0 aliphatic carbocycles. The van der Waals surface area contributed by atoms with Crippen LogP contribution in [0.1, 0.15) is 36.3 Å². The molecule has 0 bridgehead atoms. The zero-order valence-corrected chi connectivity index (χ0v) is 14.9. The number of nitrogens with zero attached hydrogens (tertiary/aromatic N) is 4. The first-order valence-corrected chi connectivity index (χ1v) is 8.75. The number of benzene rings is 1. The van der Waals surface area contributed by atoms with E-state index < -0.39 is 0 Å². The lowest BCUT2D eigenvalue weighted by Gasteiger charge is -2.32. The fourth-order valence-electron chi connectivity index (χ4n) is 3.35. The number of aromatic nitrogens is 3. The fourth-order valence-corrected chi connectivity index (χ4v) is 3.35. The molecule has 1 aromatic carbocycles. The highest BCUT2D eigenvalue weighted by Crippen LogP contribution is 2.32. The van der Waals surface area contributed by atoms with Gasteiger partial charge in [-0.3, -0.25) is 14.0 Å². The number of fused-ring (bicyclic) bond motifs is 2. The summed E-state index contributed by atoms with van der Waals surface area (Å²) in [5.41, 5.74) is 2.73. The van der Waals surface area contributed by atoms with Crippen molar-refractivity contribution < 1.29 is 9.59 Å². The maximum Gasteiger partial charge on any atom is 0.223 e. The number of nitrogens with one attached hydrogen (secondary N) is 1. The molecule has 0 radical (unpaired) electrons.